The molecular weight excluding hydrogens is 260 g/mol. The molecule has 0 saturated heterocycles. The highest BCUT2D eigenvalue weighted by Gasteiger charge is 2.24. The topological polar surface area (TPSA) is 83.7 Å². The maximum absolute atomic E-state index is 11.3. The zero-order chi connectivity index (χ0) is 15.5. The number of nitro benzene ring substituents is 1. The number of likely N-dealkylation sites (N-methyl/N-ethyl adjacent to an activating group) is 1. The van der Waals surface area contributed by atoms with Crippen molar-refractivity contribution >= 4 is 17.2 Å². The summed E-state index contributed by atoms with van der Waals surface area (Å²) in [5.74, 6) is -0.217. The molecule has 0 spiro atoms. The fourth-order valence-corrected chi connectivity index (χ4v) is 1.99. The predicted molar refractivity (Wildman–Crippen MR) is 77.3 cm³/mol. The van der Waals surface area contributed by atoms with Crippen LogP contribution < -0.4 is 4.90 Å². The molecule has 0 atom stereocenters. The lowest BCUT2D eigenvalue weighted by Gasteiger charge is -2.29. The summed E-state index contributed by atoms with van der Waals surface area (Å²) in [4.78, 5) is 23.7. The molecule has 1 N–H and O–H groups in total. The summed E-state index contributed by atoms with van der Waals surface area (Å²) in [6, 6.07) is 4.41. The Kier molecular flexibility index (Phi) is 4.83. The van der Waals surface area contributed by atoms with Crippen molar-refractivity contribution in [3.63, 3.8) is 0 Å². The number of hydrogen-bond donors (Lipinski definition) is 1. The van der Waals surface area contributed by atoms with Gasteiger partial charge in [0.1, 0.15) is 5.69 Å². The van der Waals surface area contributed by atoms with E-state index < -0.39 is 10.5 Å². The van der Waals surface area contributed by atoms with Crippen molar-refractivity contribution < 1.29 is 14.8 Å². The average molecular weight is 280 g/mol. The van der Waals surface area contributed by atoms with E-state index in [0.29, 0.717) is 17.8 Å². The van der Waals surface area contributed by atoms with Gasteiger partial charge < -0.3 is 10.0 Å². The van der Waals surface area contributed by atoms with Crippen molar-refractivity contribution in [2.24, 2.45) is 0 Å². The Labute approximate surface area is 118 Å². The Morgan fingerprint density at radius 2 is 2.05 bits per heavy atom. The molecule has 0 aliphatic carbocycles. The van der Waals surface area contributed by atoms with Crippen LogP contribution in [0.2, 0.25) is 0 Å². The number of carbonyl (C=O) groups excluding carboxylic acids is 1. The molecule has 0 heterocycles. The second-order valence-electron chi connectivity index (χ2n) is 5.34. The van der Waals surface area contributed by atoms with Crippen LogP contribution in [0.5, 0.6) is 0 Å². The van der Waals surface area contributed by atoms with Crippen LogP contribution >= 0.6 is 0 Å². The van der Waals surface area contributed by atoms with Crippen molar-refractivity contribution in [3.05, 3.63) is 33.9 Å². The van der Waals surface area contributed by atoms with Crippen LogP contribution in [0.15, 0.2) is 18.2 Å². The first kappa shape index (κ1) is 16.1. The van der Waals surface area contributed by atoms with E-state index in [9.17, 15) is 20.0 Å². The Hall–Kier alpha value is -1.95. The van der Waals surface area contributed by atoms with Crippen LogP contribution in [-0.4, -0.2) is 34.5 Å². The predicted octanol–water partition coefficient (Wildman–Crippen LogP) is 2.39. The summed E-state index contributed by atoms with van der Waals surface area (Å²) in [6.45, 7) is 7.30. The minimum Gasteiger partial charge on any atom is -0.389 e. The molecule has 0 unspecified atom stereocenters. The van der Waals surface area contributed by atoms with E-state index in [1.54, 1.807) is 30.9 Å². The van der Waals surface area contributed by atoms with Gasteiger partial charge in [-0.3, -0.25) is 14.9 Å². The number of anilines is 1. The highest BCUT2D eigenvalue weighted by Crippen LogP contribution is 2.30. The number of nitrogens with zero attached hydrogens (tertiary/aromatic N) is 2. The molecule has 1 aromatic rings. The van der Waals surface area contributed by atoms with Crippen LogP contribution in [-0.2, 0) is 0 Å². The van der Waals surface area contributed by atoms with Crippen molar-refractivity contribution in [1.29, 1.82) is 0 Å². The highest BCUT2D eigenvalue weighted by molar-refractivity contribution is 5.95. The third kappa shape index (κ3) is 4.03. The molecular formula is C14H20N2O4. The number of carbonyl (C=O) groups is 1. The summed E-state index contributed by atoms with van der Waals surface area (Å²) >= 11 is 0. The van der Waals surface area contributed by atoms with Crippen molar-refractivity contribution in [1.82, 2.24) is 0 Å². The number of nitro groups is 1. The lowest BCUT2D eigenvalue weighted by molar-refractivity contribution is -0.384. The zero-order valence-electron chi connectivity index (χ0n) is 12.2. The lowest BCUT2D eigenvalue weighted by Crippen LogP contribution is -2.38. The van der Waals surface area contributed by atoms with Gasteiger partial charge in [0.25, 0.3) is 5.69 Å². The summed E-state index contributed by atoms with van der Waals surface area (Å²) < 4.78 is 0. The van der Waals surface area contributed by atoms with E-state index in [1.807, 2.05) is 6.92 Å². The Morgan fingerprint density at radius 1 is 1.45 bits per heavy atom. The molecule has 0 bridgehead atoms. The van der Waals surface area contributed by atoms with Crippen LogP contribution in [0.25, 0.3) is 0 Å². The molecule has 1 aromatic carbocycles. The highest BCUT2D eigenvalue weighted by atomic mass is 16.6. The smallest absolute Gasteiger partial charge is 0.293 e. The molecule has 0 aliphatic heterocycles. The van der Waals surface area contributed by atoms with Crippen molar-refractivity contribution in [3.8, 4) is 0 Å². The van der Waals surface area contributed by atoms with Crippen molar-refractivity contribution in [2.75, 3.05) is 18.0 Å². The van der Waals surface area contributed by atoms with Gasteiger partial charge in [0, 0.05) is 24.7 Å². The quantitative estimate of drug-likeness (QED) is 0.491. The summed E-state index contributed by atoms with van der Waals surface area (Å²) in [7, 11) is 0. The number of hydrogen-bond acceptors (Lipinski definition) is 5. The summed E-state index contributed by atoms with van der Waals surface area (Å²) in [6.07, 6.45) is 0. The van der Waals surface area contributed by atoms with E-state index in [4.69, 9.17) is 0 Å². The number of benzene rings is 1. The largest absolute Gasteiger partial charge is 0.389 e. The Balaban J connectivity index is 3.28. The molecule has 6 heteroatoms. The Morgan fingerprint density at radius 3 is 2.45 bits per heavy atom. The van der Waals surface area contributed by atoms with Gasteiger partial charge in [0.15, 0.2) is 5.78 Å². The van der Waals surface area contributed by atoms with Gasteiger partial charge in [-0.1, -0.05) is 0 Å². The second kappa shape index (κ2) is 6.00. The first-order valence-electron chi connectivity index (χ1n) is 6.42. The first-order valence-corrected chi connectivity index (χ1v) is 6.42. The molecule has 110 valence electrons. The number of Topliss-reactive ketones (excluding diaryl/α,β-unsaturated/α-hetero) is 1. The minimum absolute atomic E-state index is 0.121. The Bertz CT molecular complexity index is 520. The van der Waals surface area contributed by atoms with E-state index in [0.717, 1.165) is 0 Å². The molecule has 1 rings (SSSR count). The SMILES string of the molecule is CCN(CC(C)(C)O)c1ccc(C(C)=O)cc1[N+](=O)[O-]. The molecule has 20 heavy (non-hydrogen) atoms. The fourth-order valence-electron chi connectivity index (χ4n) is 1.99. The van der Waals surface area contributed by atoms with Gasteiger partial charge in [-0.25, -0.2) is 0 Å². The first-order chi connectivity index (χ1) is 9.15. The van der Waals surface area contributed by atoms with Gasteiger partial charge in [-0.2, -0.15) is 0 Å². The monoisotopic (exact) mass is 280 g/mol. The third-order valence-corrected chi connectivity index (χ3v) is 2.88. The average Bonchev–Trinajstić information content (AvgIpc) is 2.34. The second-order valence-corrected chi connectivity index (χ2v) is 5.34. The maximum atomic E-state index is 11.3. The van der Waals surface area contributed by atoms with Gasteiger partial charge in [0.2, 0.25) is 0 Å². The van der Waals surface area contributed by atoms with E-state index in [2.05, 4.69) is 0 Å². The molecule has 0 fully saturated rings. The van der Waals surface area contributed by atoms with E-state index >= 15 is 0 Å². The van der Waals surface area contributed by atoms with Crippen molar-refractivity contribution in [2.45, 2.75) is 33.3 Å². The molecule has 0 aliphatic rings. The molecule has 0 radical (unpaired) electrons. The zero-order valence-corrected chi connectivity index (χ0v) is 12.2. The standard InChI is InChI=1S/C14H20N2O4/c1-5-15(9-14(3,4)18)12-7-6-11(10(2)17)8-13(12)16(19)20/h6-8,18H,5,9H2,1-4H3. The summed E-state index contributed by atoms with van der Waals surface area (Å²) in [5, 5.41) is 21.1. The van der Waals surface area contributed by atoms with Gasteiger partial charge >= 0.3 is 0 Å². The van der Waals surface area contributed by atoms with Crippen LogP contribution in [0.3, 0.4) is 0 Å². The van der Waals surface area contributed by atoms with Gasteiger partial charge in [-0.05, 0) is 39.8 Å². The maximum Gasteiger partial charge on any atom is 0.293 e. The minimum atomic E-state index is -0.969. The number of rotatable bonds is 6. The number of aliphatic hydroxyl groups is 1. The number of ketones is 1. The van der Waals surface area contributed by atoms with Crippen LogP contribution in [0.4, 0.5) is 11.4 Å². The summed E-state index contributed by atoms with van der Waals surface area (Å²) in [5.41, 5.74) is -0.378. The van der Waals surface area contributed by atoms with Crippen LogP contribution in [0.1, 0.15) is 38.1 Å². The van der Waals surface area contributed by atoms with Crippen LogP contribution in [0, 0.1) is 10.1 Å². The normalized spacial score (nSPS) is 11.2. The molecule has 0 saturated carbocycles. The molecule has 0 aromatic heterocycles. The lowest BCUT2D eigenvalue weighted by atomic mass is 10.1. The van der Waals surface area contributed by atoms with Gasteiger partial charge in [0.05, 0.1) is 10.5 Å². The van der Waals surface area contributed by atoms with E-state index in [-0.39, 0.29) is 18.0 Å². The van der Waals surface area contributed by atoms with Gasteiger partial charge in [-0.15, -0.1) is 0 Å². The van der Waals surface area contributed by atoms with E-state index in [1.165, 1.54) is 13.0 Å². The third-order valence-electron chi connectivity index (χ3n) is 2.88. The fraction of sp³-hybridized carbons (Fsp3) is 0.500. The molecule has 0 amide bonds. The molecule has 6 nitrogen and oxygen atoms in total.